The lowest BCUT2D eigenvalue weighted by Gasteiger charge is -2.20. The zero-order chi connectivity index (χ0) is 23.0. The van der Waals surface area contributed by atoms with Crippen LogP contribution in [-0.4, -0.2) is 34.7 Å². The fourth-order valence-corrected chi connectivity index (χ4v) is 4.63. The Morgan fingerprint density at radius 3 is 1.34 bits per heavy atom. The number of methoxy groups -OCH3 is 4. The quantitative estimate of drug-likeness (QED) is 0.228. The zero-order valence-electron chi connectivity index (χ0n) is 17.9. The number of hydrogen-bond acceptors (Lipinski definition) is 5. The molecule has 0 unspecified atom stereocenters. The minimum atomic E-state index is 0.475. The molecular weight excluding hydrogens is 451 g/mol. The van der Waals surface area contributed by atoms with Crippen molar-refractivity contribution in [3.05, 3.63) is 58.1 Å². The summed E-state index contributed by atoms with van der Waals surface area (Å²) in [5.41, 5.74) is 1.87. The third-order valence-electron chi connectivity index (χ3n) is 5.50. The fraction of sp³-hybridized carbons (Fsp3) is 0.160. The number of halogens is 2. The molecule has 0 aliphatic carbocycles. The zero-order valence-corrected chi connectivity index (χ0v) is 19.4. The van der Waals surface area contributed by atoms with Gasteiger partial charge in [-0.1, -0.05) is 29.3 Å². The summed E-state index contributed by atoms with van der Waals surface area (Å²) in [4.78, 5) is 12.3. The third kappa shape index (κ3) is 3.38. The van der Waals surface area contributed by atoms with Crippen LogP contribution in [0.5, 0.6) is 23.0 Å². The molecule has 0 bridgehead atoms. The van der Waals surface area contributed by atoms with E-state index in [4.69, 9.17) is 42.1 Å². The minimum Gasteiger partial charge on any atom is -0.493 e. The van der Waals surface area contributed by atoms with Crippen molar-refractivity contribution in [2.75, 3.05) is 28.4 Å². The second kappa shape index (κ2) is 8.77. The van der Waals surface area contributed by atoms with Crippen LogP contribution in [0, 0.1) is 0 Å². The highest BCUT2D eigenvalue weighted by Crippen LogP contribution is 2.48. The van der Waals surface area contributed by atoms with E-state index in [0.29, 0.717) is 54.9 Å². The highest BCUT2D eigenvalue weighted by Gasteiger charge is 2.23. The van der Waals surface area contributed by atoms with Crippen molar-refractivity contribution >= 4 is 51.0 Å². The summed E-state index contributed by atoms with van der Waals surface area (Å²) in [6.07, 6.45) is 0.820. The average Bonchev–Trinajstić information content (AvgIpc) is 2.81. The highest BCUT2D eigenvalue weighted by atomic mass is 35.5. The maximum Gasteiger partial charge on any atom is 0.161 e. The topological polar surface area (TPSA) is 54.0 Å². The SMILES string of the molecule is COc1cc2c(C=O)c3cc(OC)c(OC)cc3c(-c3c(Cl)cccc3Cl)c2cc1OC. The third-order valence-corrected chi connectivity index (χ3v) is 6.13. The summed E-state index contributed by atoms with van der Waals surface area (Å²) in [7, 11) is 6.21. The van der Waals surface area contributed by atoms with E-state index in [2.05, 4.69) is 0 Å². The number of carbonyl (C=O) groups is 1. The molecule has 0 N–H and O–H groups in total. The second-order valence-electron chi connectivity index (χ2n) is 7.01. The van der Waals surface area contributed by atoms with Crippen LogP contribution in [0.3, 0.4) is 0 Å². The molecule has 0 amide bonds. The molecule has 4 aromatic rings. The number of fused-ring (bicyclic) bond motifs is 2. The smallest absolute Gasteiger partial charge is 0.161 e. The van der Waals surface area contributed by atoms with E-state index in [-0.39, 0.29) is 0 Å². The first kappa shape index (κ1) is 22.1. The monoisotopic (exact) mass is 470 g/mol. The van der Waals surface area contributed by atoms with Crippen LogP contribution in [0.1, 0.15) is 10.4 Å². The van der Waals surface area contributed by atoms with Gasteiger partial charge < -0.3 is 18.9 Å². The molecule has 32 heavy (non-hydrogen) atoms. The van der Waals surface area contributed by atoms with Gasteiger partial charge in [0, 0.05) is 26.7 Å². The van der Waals surface area contributed by atoms with Crippen LogP contribution >= 0.6 is 23.2 Å². The molecule has 0 fully saturated rings. The van der Waals surface area contributed by atoms with E-state index in [0.717, 1.165) is 22.6 Å². The van der Waals surface area contributed by atoms with Crippen molar-refractivity contribution in [3.8, 4) is 34.1 Å². The predicted molar refractivity (Wildman–Crippen MR) is 129 cm³/mol. The fourth-order valence-electron chi connectivity index (χ4n) is 4.04. The molecule has 0 saturated heterocycles. The summed E-state index contributed by atoms with van der Waals surface area (Å²) in [6, 6.07) is 12.5. The Labute approximate surface area is 195 Å². The number of carbonyl (C=O) groups excluding carboxylic acids is 1. The normalized spacial score (nSPS) is 10.9. The lowest BCUT2D eigenvalue weighted by Crippen LogP contribution is -1.98. The second-order valence-corrected chi connectivity index (χ2v) is 7.82. The van der Waals surface area contributed by atoms with Gasteiger partial charge in [0.1, 0.15) is 0 Å². The lowest BCUT2D eigenvalue weighted by molar-refractivity contribution is 0.112. The Morgan fingerprint density at radius 1 is 0.625 bits per heavy atom. The Kier molecular flexibility index (Phi) is 6.04. The molecule has 0 saturated carbocycles. The Balaban J connectivity index is 2.35. The van der Waals surface area contributed by atoms with Gasteiger partial charge in [0.25, 0.3) is 0 Å². The van der Waals surface area contributed by atoms with E-state index in [1.54, 1.807) is 58.8 Å². The van der Waals surface area contributed by atoms with Crippen LogP contribution in [0.2, 0.25) is 10.0 Å². The number of ether oxygens (including phenoxy) is 4. The molecular formula is C25H20Cl2O5. The molecule has 4 rings (SSSR count). The van der Waals surface area contributed by atoms with Crippen LogP contribution in [0.25, 0.3) is 32.7 Å². The standard InChI is InChI=1S/C25H20Cl2O5/c1-29-20-8-13-15(10-22(20)31-3)24(25-18(26)6-5-7-19(25)27)16-11-23(32-4)21(30-2)9-14(16)17(13)12-28/h5-12H,1-4H3. The highest BCUT2D eigenvalue weighted by molar-refractivity contribution is 6.41. The number of hydrogen-bond donors (Lipinski definition) is 0. The summed E-state index contributed by atoms with van der Waals surface area (Å²) in [5.74, 6) is 2.03. The molecule has 0 aliphatic rings. The van der Waals surface area contributed by atoms with E-state index in [1.165, 1.54) is 0 Å². The summed E-state index contributed by atoms with van der Waals surface area (Å²) >= 11 is 13.3. The van der Waals surface area contributed by atoms with Crippen molar-refractivity contribution in [2.24, 2.45) is 0 Å². The van der Waals surface area contributed by atoms with E-state index >= 15 is 0 Å². The number of aldehydes is 1. The molecule has 7 heteroatoms. The van der Waals surface area contributed by atoms with Gasteiger partial charge in [0.15, 0.2) is 29.3 Å². The van der Waals surface area contributed by atoms with Crippen LogP contribution < -0.4 is 18.9 Å². The van der Waals surface area contributed by atoms with Gasteiger partial charge in [-0.25, -0.2) is 0 Å². The maximum absolute atomic E-state index is 12.3. The number of benzene rings is 4. The largest absolute Gasteiger partial charge is 0.493 e. The first-order valence-corrected chi connectivity index (χ1v) is 10.4. The average molecular weight is 471 g/mol. The molecule has 0 aliphatic heterocycles. The van der Waals surface area contributed by atoms with Gasteiger partial charge in [-0.2, -0.15) is 0 Å². The van der Waals surface area contributed by atoms with Crippen molar-refractivity contribution in [1.82, 2.24) is 0 Å². The van der Waals surface area contributed by atoms with Crippen LogP contribution in [0.4, 0.5) is 0 Å². The Hall–Kier alpha value is -3.15. The van der Waals surface area contributed by atoms with Crippen LogP contribution in [-0.2, 0) is 0 Å². The van der Waals surface area contributed by atoms with Gasteiger partial charge in [0.05, 0.1) is 28.4 Å². The molecule has 0 aromatic heterocycles. The summed E-state index contributed by atoms with van der Waals surface area (Å²) in [5, 5.41) is 3.76. The van der Waals surface area contributed by atoms with Gasteiger partial charge in [-0.3, -0.25) is 4.79 Å². The Morgan fingerprint density at radius 2 is 1.00 bits per heavy atom. The summed E-state index contributed by atoms with van der Waals surface area (Å²) in [6.45, 7) is 0. The molecule has 5 nitrogen and oxygen atoms in total. The van der Waals surface area contributed by atoms with Gasteiger partial charge in [-0.05, 0) is 57.9 Å². The van der Waals surface area contributed by atoms with E-state index < -0.39 is 0 Å². The van der Waals surface area contributed by atoms with Crippen molar-refractivity contribution in [1.29, 1.82) is 0 Å². The van der Waals surface area contributed by atoms with Crippen molar-refractivity contribution < 1.29 is 23.7 Å². The van der Waals surface area contributed by atoms with Gasteiger partial charge in [-0.15, -0.1) is 0 Å². The van der Waals surface area contributed by atoms with Gasteiger partial charge in [0.2, 0.25) is 0 Å². The first-order valence-electron chi connectivity index (χ1n) is 9.66. The molecule has 0 radical (unpaired) electrons. The van der Waals surface area contributed by atoms with E-state index in [1.807, 2.05) is 12.1 Å². The van der Waals surface area contributed by atoms with Crippen molar-refractivity contribution in [2.45, 2.75) is 0 Å². The molecule has 164 valence electrons. The summed E-state index contributed by atoms with van der Waals surface area (Å²) < 4.78 is 22.1. The van der Waals surface area contributed by atoms with Crippen LogP contribution in [0.15, 0.2) is 42.5 Å². The molecule has 4 aromatic carbocycles. The molecule has 0 spiro atoms. The maximum atomic E-state index is 12.3. The molecule has 0 heterocycles. The predicted octanol–water partition coefficient (Wildman–Crippen LogP) is 6.81. The van der Waals surface area contributed by atoms with E-state index in [9.17, 15) is 4.79 Å². The van der Waals surface area contributed by atoms with Gasteiger partial charge >= 0.3 is 0 Å². The minimum absolute atomic E-state index is 0.475. The first-order chi connectivity index (χ1) is 15.5. The van der Waals surface area contributed by atoms with Crippen molar-refractivity contribution in [3.63, 3.8) is 0 Å². The number of rotatable bonds is 6. The Bertz CT molecular complexity index is 1270. The lowest BCUT2D eigenvalue weighted by atomic mass is 9.88. The molecule has 0 atom stereocenters.